The summed E-state index contributed by atoms with van der Waals surface area (Å²) in [6.07, 6.45) is -8.28. The van der Waals surface area contributed by atoms with E-state index in [9.17, 15) is 40.3 Å². The molecule has 2 saturated heterocycles. The minimum atomic E-state index is -5.02. The Hall–Kier alpha value is -3.35. The molecule has 0 N–H and O–H groups in total. The maximum Gasteiger partial charge on any atom is 0.416 e. The molecule has 6 nitrogen and oxygen atoms in total. The number of fused-ring (bicyclic) bond motifs is 1. The average Bonchev–Trinajstić information content (AvgIpc) is 3.55. The zero-order valence-electron chi connectivity index (χ0n) is 25.4. The summed E-state index contributed by atoms with van der Waals surface area (Å²) in [6, 6.07) is 3.31. The van der Waals surface area contributed by atoms with E-state index in [1.54, 1.807) is 24.8 Å². The number of carbonyl (C=O) groups excluding carboxylic acids is 2. The number of aryl methyl sites for hydroxylation is 1. The lowest BCUT2D eigenvalue weighted by Gasteiger charge is -2.45. The average molecular weight is 644 g/mol. The van der Waals surface area contributed by atoms with Crippen LogP contribution in [-0.4, -0.2) is 66.0 Å². The fourth-order valence-corrected chi connectivity index (χ4v) is 7.02. The minimum Gasteiger partial charge on any atom is -0.466 e. The van der Waals surface area contributed by atoms with Crippen molar-refractivity contribution in [2.24, 2.45) is 11.3 Å². The van der Waals surface area contributed by atoms with Crippen molar-refractivity contribution in [1.29, 1.82) is 0 Å². The number of rotatable bonds is 6. The first-order valence-electron chi connectivity index (χ1n) is 15.0. The van der Waals surface area contributed by atoms with Crippen LogP contribution < -0.4 is 0 Å². The highest BCUT2D eigenvalue weighted by Crippen LogP contribution is 2.59. The number of halogens is 7. The third-order valence-corrected chi connectivity index (χ3v) is 9.76. The van der Waals surface area contributed by atoms with Crippen LogP contribution in [0.5, 0.6) is 0 Å². The van der Waals surface area contributed by atoms with E-state index >= 15 is 0 Å². The fourth-order valence-electron chi connectivity index (χ4n) is 7.02. The first kappa shape index (κ1) is 33.0. The van der Waals surface area contributed by atoms with Crippen LogP contribution in [-0.2, 0) is 21.9 Å². The summed E-state index contributed by atoms with van der Waals surface area (Å²) in [5.74, 6) is -0.452. The van der Waals surface area contributed by atoms with Crippen LogP contribution in [0.1, 0.15) is 73.0 Å². The Kier molecular flexibility index (Phi) is 8.65. The summed E-state index contributed by atoms with van der Waals surface area (Å²) in [6.45, 7) is 6.65. The van der Waals surface area contributed by atoms with E-state index < -0.39 is 52.8 Å². The van der Waals surface area contributed by atoms with Gasteiger partial charge in [-0.15, -0.1) is 0 Å². The highest BCUT2D eigenvalue weighted by atomic mass is 19.4. The van der Waals surface area contributed by atoms with Gasteiger partial charge in [0.25, 0.3) is 0 Å². The number of amides is 2. The molecule has 2 amide bonds. The van der Waals surface area contributed by atoms with Crippen LogP contribution in [0.15, 0.2) is 36.4 Å². The van der Waals surface area contributed by atoms with Gasteiger partial charge in [-0.2, -0.15) is 26.3 Å². The lowest BCUT2D eigenvalue weighted by molar-refractivity contribution is -0.150. The molecule has 2 aliphatic heterocycles. The Balaban J connectivity index is 1.41. The van der Waals surface area contributed by atoms with E-state index in [0.29, 0.717) is 55.8 Å². The van der Waals surface area contributed by atoms with Crippen molar-refractivity contribution in [2.45, 2.75) is 70.5 Å². The van der Waals surface area contributed by atoms with Gasteiger partial charge >= 0.3 is 24.4 Å². The number of urea groups is 1. The third-order valence-electron chi connectivity index (χ3n) is 9.76. The van der Waals surface area contributed by atoms with Gasteiger partial charge in [0.15, 0.2) is 0 Å². The second-order valence-corrected chi connectivity index (χ2v) is 12.5. The van der Waals surface area contributed by atoms with E-state index in [1.807, 2.05) is 0 Å². The molecule has 0 spiro atoms. The standard InChI is InChI=1S/C32H36F7N3O3/c1-5-45-28(43)30-15-23(30)16-41(17-30)25-8-9-42(27(14-25)26-7-6-24(33)10-18(26)2)29(44)40(4)19(3)20-11-21(31(34,35)36)13-22(12-20)32(37,38)39/h6-7,10-13,19,23,25,27H,5,8-9,14-17H2,1-4H3/t19-,23+,25-,27-,30+/m1/s1. The van der Waals surface area contributed by atoms with Gasteiger partial charge in [0.2, 0.25) is 0 Å². The number of hydrogen-bond acceptors (Lipinski definition) is 4. The van der Waals surface area contributed by atoms with Crippen LogP contribution in [0.25, 0.3) is 0 Å². The second-order valence-electron chi connectivity index (χ2n) is 12.5. The highest BCUT2D eigenvalue weighted by Gasteiger charge is 2.66. The minimum absolute atomic E-state index is 0.0110. The molecular formula is C32H36F7N3O3. The maximum atomic E-state index is 14.1. The van der Waals surface area contributed by atoms with E-state index in [0.717, 1.165) is 11.3 Å². The highest BCUT2D eigenvalue weighted by molar-refractivity contribution is 5.81. The second kappa shape index (κ2) is 11.8. The summed E-state index contributed by atoms with van der Waals surface area (Å²) in [7, 11) is 1.35. The fraction of sp³-hybridized carbons (Fsp3) is 0.562. The number of carbonyl (C=O) groups is 2. The molecule has 2 aromatic rings. The van der Waals surface area contributed by atoms with Crippen molar-refractivity contribution in [3.8, 4) is 0 Å². The molecule has 0 radical (unpaired) electrons. The number of likely N-dealkylation sites (tertiary alicyclic amines) is 2. The molecule has 0 bridgehead atoms. The van der Waals surface area contributed by atoms with Crippen LogP contribution in [0.3, 0.4) is 0 Å². The molecule has 246 valence electrons. The molecule has 1 aliphatic carbocycles. The van der Waals surface area contributed by atoms with Crippen molar-refractivity contribution < 1.29 is 45.1 Å². The van der Waals surface area contributed by atoms with Crippen LogP contribution in [0, 0.1) is 24.1 Å². The number of esters is 1. The molecular weight excluding hydrogens is 607 g/mol. The van der Waals surface area contributed by atoms with E-state index in [2.05, 4.69) is 4.90 Å². The summed E-state index contributed by atoms with van der Waals surface area (Å²) in [5.41, 5.74) is -2.43. The summed E-state index contributed by atoms with van der Waals surface area (Å²) in [5, 5.41) is 0. The Morgan fingerprint density at radius 3 is 2.29 bits per heavy atom. The molecule has 2 aromatic carbocycles. The van der Waals surface area contributed by atoms with Gasteiger partial charge in [0.05, 0.1) is 35.2 Å². The Bertz CT molecular complexity index is 1430. The zero-order valence-corrected chi connectivity index (χ0v) is 25.4. The molecule has 2 heterocycles. The van der Waals surface area contributed by atoms with Crippen molar-refractivity contribution in [3.05, 3.63) is 70.0 Å². The molecule has 13 heteroatoms. The third kappa shape index (κ3) is 6.37. The van der Waals surface area contributed by atoms with Crippen molar-refractivity contribution in [1.82, 2.24) is 14.7 Å². The van der Waals surface area contributed by atoms with Crippen LogP contribution in [0.2, 0.25) is 0 Å². The van der Waals surface area contributed by atoms with Gasteiger partial charge in [-0.1, -0.05) is 6.07 Å². The van der Waals surface area contributed by atoms with Crippen LogP contribution >= 0.6 is 0 Å². The van der Waals surface area contributed by atoms with Gasteiger partial charge in [-0.3, -0.25) is 9.69 Å². The van der Waals surface area contributed by atoms with Gasteiger partial charge in [-0.25, -0.2) is 9.18 Å². The van der Waals surface area contributed by atoms with Crippen molar-refractivity contribution >= 4 is 12.0 Å². The molecule has 5 rings (SSSR count). The number of benzene rings is 2. The van der Waals surface area contributed by atoms with E-state index in [-0.39, 0.29) is 36.1 Å². The number of hydrogen-bond donors (Lipinski definition) is 0. The molecule has 3 aliphatic rings. The Morgan fingerprint density at radius 1 is 1.07 bits per heavy atom. The quantitative estimate of drug-likeness (QED) is 0.244. The smallest absolute Gasteiger partial charge is 0.416 e. The number of alkyl halides is 6. The van der Waals surface area contributed by atoms with Gasteiger partial charge < -0.3 is 14.5 Å². The normalized spacial score (nSPS) is 25.9. The molecule has 0 aromatic heterocycles. The van der Waals surface area contributed by atoms with Gasteiger partial charge in [0, 0.05) is 32.7 Å². The predicted octanol–water partition coefficient (Wildman–Crippen LogP) is 7.38. The molecule has 5 atom stereocenters. The summed E-state index contributed by atoms with van der Waals surface area (Å²) < 4.78 is 101. The Morgan fingerprint density at radius 2 is 1.71 bits per heavy atom. The number of ether oxygens (including phenoxy) is 1. The lowest BCUT2D eigenvalue weighted by atomic mass is 9.88. The SMILES string of the molecule is CCOC(=O)[C@]12C[C@H]1CN([C@@H]1CCN(C(=O)N(C)[C@H](C)c3cc(C(F)(F)F)cc(C(F)(F)F)c3)[C@@H](c3ccc(F)cc3C)C1)C2. The van der Waals surface area contributed by atoms with Gasteiger partial charge in [0.1, 0.15) is 5.82 Å². The summed E-state index contributed by atoms with van der Waals surface area (Å²) >= 11 is 0. The van der Waals surface area contributed by atoms with Crippen molar-refractivity contribution in [3.63, 3.8) is 0 Å². The van der Waals surface area contributed by atoms with Gasteiger partial charge in [-0.05, 0) is 93.0 Å². The van der Waals surface area contributed by atoms with Crippen LogP contribution in [0.4, 0.5) is 35.5 Å². The number of nitrogens with zero attached hydrogens (tertiary/aromatic N) is 3. The molecule has 0 unspecified atom stereocenters. The maximum absolute atomic E-state index is 14.1. The largest absolute Gasteiger partial charge is 0.466 e. The monoisotopic (exact) mass is 643 g/mol. The zero-order chi connectivity index (χ0) is 33.1. The van der Waals surface area contributed by atoms with E-state index in [1.165, 1.54) is 26.1 Å². The first-order valence-corrected chi connectivity index (χ1v) is 15.0. The van der Waals surface area contributed by atoms with Crippen molar-refractivity contribution in [2.75, 3.05) is 33.3 Å². The lowest BCUT2D eigenvalue weighted by Crippen LogP contribution is -2.52. The first-order chi connectivity index (χ1) is 21.0. The summed E-state index contributed by atoms with van der Waals surface area (Å²) in [4.78, 5) is 31.6. The molecule has 3 fully saturated rings. The molecule has 45 heavy (non-hydrogen) atoms. The number of piperidine rings is 2. The predicted molar refractivity (Wildman–Crippen MR) is 150 cm³/mol. The Labute approximate surface area is 257 Å². The molecule has 1 saturated carbocycles. The topological polar surface area (TPSA) is 53.1 Å². The van der Waals surface area contributed by atoms with E-state index in [4.69, 9.17) is 4.74 Å².